The number of nitrogens with one attached hydrogen (secondary N) is 2. The number of benzene rings is 2. The second kappa shape index (κ2) is 10.3. The van der Waals surface area contributed by atoms with E-state index in [1.54, 1.807) is 41.0 Å². The third kappa shape index (κ3) is 4.82. The molecule has 4 aromatic rings. The van der Waals surface area contributed by atoms with Gasteiger partial charge in [0.15, 0.2) is 11.3 Å². The Hall–Kier alpha value is -4.04. The van der Waals surface area contributed by atoms with Gasteiger partial charge in [-0.15, -0.1) is 0 Å². The first-order valence-electron chi connectivity index (χ1n) is 11.4. The van der Waals surface area contributed by atoms with Crippen molar-refractivity contribution >= 4 is 23.1 Å². The molecular weight excluding hydrogens is 428 g/mol. The van der Waals surface area contributed by atoms with Crippen molar-refractivity contribution < 1.29 is 9.59 Å². The highest BCUT2D eigenvalue weighted by Crippen LogP contribution is 2.24. The molecular formula is C26H28N6O2. The Kier molecular flexibility index (Phi) is 6.98. The minimum absolute atomic E-state index is 0.208. The SMILES string of the molecule is CCc1ccc(-c2ccnc3cc(C(=O)Nc4ccc(C(=O)NCCN)cc4)nn23)cc1CC. The molecule has 2 aromatic heterocycles. The second-order valence-corrected chi connectivity index (χ2v) is 7.90. The molecule has 8 heteroatoms. The molecule has 0 radical (unpaired) electrons. The van der Waals surface area contributed by atoms with E-state index in [0.29, 0.717) is 30.0 Å². The Bertz CT molecular complexity index is 1330. The summed E-state index contributed by atoms with van der Waals surface area (Å²) in [5.41, 5.74) is 11.8. The van der Waals surface area contributed by atoms with Gasteiger partial charge < -0.3 is 16.4 Å². The van der Waals surface area contributed by atoms with Crippen molar-refractivity contribution in [2.75, 3.05) is 18.4 Å². The Balaban J connectivity index is 1.57. The largest absolute Gasteiger partial charge is 0.351 e. The van der Waals surface area contributed by atoms with E-state index in [1.807, 2.05) is 6.07 Å². The maximum Gasteiger partial charge on any atom is 0.276 e. The van der Waals surface area contributed by atoms with E-state index in [4.69, 9.17) is 5.73 Å². The van der Waals surface area contributed by atoms with E-state index >= 15 is 0 Å². The van der Waals surface area contributed by atoms with Gasteiger partial charge in [-0.05, 0) is 60.4 Å². The molecule has 0 aliphatic rings. The normalized spacial score (nSPS) is 10.9. The number of aryl methyl sites for hydroxylation is 2. The second-order valence-electron chi connectivity index (χ2n) is 7.90. The van der Waals surface area contributed by atoms with Crippen LogP contribution in [0.15, 0.2) is 60.8 Å². The zero-order valence-corrected chi connectivity index (χ0v) is 19.3. The smallest absolute Gasteiger partial charge is 0.276 e. The maximum absolute atomic E-state index is 12.9. The maximum atomic E-state index is 12.9. The van der Waals surface area contributed by atoms with Gasteiger partial charge in [0.2, 0.25) is 0 Å². The molecule has 0 aliphatic carbocycles. The highest BCUT2D eigenvalue weighted by Gasteiger charge is 2.15. The third-order valence-electron chi connectivity index (χ3n) is 5.69. The molecule has 2 aromatic carbocycles. The highest BCUT2D eigenvalue weighted by atomic mass is 16.2. The first-order valence-corrected chi connectivity index (χ1v) is 11.4. The van der Waals surface area contributed by atoms with Crippen LogP contribution in [0.25, 0.3) is 16.9 Å². The number of carbonyl (C=O) groups excluding carboxylic acids is 2. The Labute approximate surface area is 198 Å². The Morgan fingerprint density at radius 1 is 0.941 bits per heavy atom. The molecule has 174 valence electrons. The van der Waals surface area contributed by atoms with Crippen LogP contribution in [0.2, 0.25) is 0 Å². The zero-order chi connectivity index (χ0) is 24.1. The number of rotatable bonds is 8. The van der Waals surface area contributed by atoms with E-state index < -0.39 is 0 Å². The van der Waals surface area contributed by atoms with Crippen molar-refractivity contribution in [3.05, 3.63) is 83.2 Å². The fourth-order valence-electron chi connectivity index (χ4n) is 3.87. The quantitative estimate of drug-likeness (QED) is 0.376. The van der Waals surface area contributed by atoms with E-state index in [0.717, 1.165) is 24.1 Å². The minimum atomic E-state index is -0.354. The lowest BCUT2D eigenvalue weighted by Crippen LogP contribution is -2.28. The van der Waals surface area contributed by atoms with Crippen LogP contribution in [0.3, 0.4) is 0 Å². The molecule has 34 heavy (non-hydrogen) atoms. The van der Waals surface area contributed by atoms with E-state index in [9.17, 15) is 9.59 Å². The van der Waals surface area contributed by atoms with Crippen molar-refractivity contribution in [2.45, 2.75) is 26.7 Å². The molecule has 0 saturated carbocycles. The number of nitrogens with zero attached hydrogens (tertiary/aromatic N) is 3. The minimum Gasteiger partial charge on any atom is -0.351 e. The number of amides is 2. The van der Waals surface area contributed by atoms with E-state index in [1.165, 1.54) is 11.1 Å². The molecule has 0 bridgehead atoms. The summed E-state index contributed by atoms with van der Waals surface area (Å²) in [6, 6.07) is 16.6. The predicted molar refractivity (Wildman–Crippen MR) is 133 cm³/mol. The molecule has 0 fully saturated rings. The third-order valence-corrected chi connectivity index (χ3v) is 5.69. The molecule has 0 aliphatic heterocycles. The number of fused-ring (bicyclic) bond motifs is 1. The van der Waals surface area contributed by atoms with Gasteiger partial charge in [0.05, 0.1) is 5.69 Å². The first kappa shape index (κ1) is 23.1. The van der Waals surface area contributed by atoms with E-state index in [-0.39, 0.29) is 17.5 Å². The van der Waals surface area contributed by atoms with Crippen molar-refractivity contribution in [1.82, 2.24) is 19.9 Å². The number of hydrogen-bond donors (Lipinski definition) is 3. The predicted octanol–water partition coefficient (Wildman–Crippen LogP) is 3.46. The van der Waals surface area contributed by atoms with Gasteiger partial charge in [-0.3, -0.25) is 9.59 Å². The Morgan fingerprint density at radius 2 is 1.71 bits per heavy atom. The fraction of sp³-hybridized carbons (Fsp3) is 0.231. The molecule has 4 rings (SSSR count). The summed E-state index contributed by atoms with van der Waals surface area (Å²) in [7, 11) is 0. The van der Waals surface area contributed by atoms with Crippen molar-refractivity contribution in [3.63, 3.8) is 0 Å². The number of nitrogens with two attached hydrogens (primary N) is 1. The standard InChI is InChI=1S/C26H28N6O2/c1-3-17-5-6-20(15-18(17)4-2)23-11-13-28-24-16-22(31-32(23)24)26(34)30-21-9-7-19(8-10-21)25(33)29-14-12-27/h5-11,13,15-16H,3-4,12,14,27H2,1-2H3,(H,29,33)(H,30,34). The summed E-state index contributed by atoms with van der Waals surface area (Å²) < 4.78 is 1.69. The molecule has 0 spiro atoms. The van der Waals surface area contributed by atoms with Crippen molar-refractivity contribution in [2.24, 2.45) is 5.73 Å². The molecule has 0 saturated heterocycles. The summed E-state index contributed by atoms with van der Waals surface area (Å²) in [5.74, 6) is -0.562. The zero-order valence-electron chi connectivity index (χ0n) is 19.3. The van der Waals surface area contributed by atoms with Crippen LogP contribution in [-0.4, -0.2) is 39.5 Å². The number of carbonyl (C=O) groups is 2. The summed E-state index contributed by atoms with van der Waals surface area (Å²) in [5, 5.41) is 10.1. The van der Waals surface area contributed by atoms with Gasteiger partial charge in [-0.25, -0.2) is 9.50 Å². The number of anilines is 1. The average Bonchev–Trinajstić information content (AvgIpc) is 3.32. The average molecular weight is 457 g/mol. The molecule has 0 atom stereocenters. The lowest BCUT2D eigenvalue weighted by molar-refractivity contribution is 0.0954. The van der Waals surface area contributed by atoms with Crippen molar-refractivity contribution in [1.29, 1.82) is 0 Å². The van der Waals surface area contributed by atoms with Gasteiger partial charge in [0.25, 0.3) is 11.8 Å². The lowest BCUT2D eigenvalue weighted by Gasteiger charge is -2.10. The number of aromatic nitrogens is 3. The monoisotopic (exact) mass is 456 g/mol. The van der Waals surface area contributed by atoms with Crippen LogP contribution >= 0.6 is 0 Å². The van der Waals surface area contributed by atoms with Gasteiger partial charge in [0, 0.05) is 42.2 Å². The molecule has 4 N–H and O–H groups in total. The first-order chi connectivity index (χ1) is 16.5. The molecule has 2 amide bonds. The topological polar surface area (TPSA) is 114 Å². The summed E-state index contributed by atoms with van der Waals surface area (Å²) in [6.45, 7) is 5.08. The van der Waals surface area contributed by atoms with Crippen LogP contribution in [0, 0.1) is 0 Å². The Morgan fingerprint density at radius 3 is 2.41 bits per heavy atom. The summed E-state index contributed by atoms with van der Waals surface area (Å²) >= 11 is 0. The van der Waals surface area contributed by atoms with E-state index in [2.05, 4.69) is 52.8 Å². The highest BCUT2D eigenvalue weighted by molar-refractivity contribution is 6.04. The molecule has 0 unspecified atom stereocenters. The van der Waals surface area contributed by atoms with Gasteiger partial charge >= 0.3 is 0 Å². The molecule has 8 nitrogen and oxygen atoms in total. The molecule has 2 heterocycles. The lowest BCUT2D eigenvalue weighted by atomic mass is 9.99. The van der Waals surface area contributed by atoms with Crippen molar-refractivity contribution in [3.8, 4) is 11.3 Å². The van der Waals surface area contributed by atoms with Gasteiger partial charge in [-0.2, -0.15) is 5.10 Å². The van der Waals surface area contributed by atoms with Gasteiger partial charge in [0.1, 0.15) is 0 Å². The fourth-order valence-corrected chi connectivity index (χ4v) is 3.87. The van der Waals surface area contributed by atoms with Gasteiger partial charge in [-0.1, -0.05) is 26.0 Å². The number of hydrogen-bond acceptors (Lipinski definition) is 5. The van der Waals surface area contributed by atoms with Crippen LogP contribution in [0.5, 0.6) is 0 Å². The van der Waals surface area contributed by atoms with Crippen LogP contribution in [0.1, 0.15) is 45.8 Å². The van der Waals surface area contributed by atoms with Crippen LogP contribution in [-0.2, 0) is 12.8 Å². The summed E-state index contributed by atoms with van der Waals surface area (Å²) in [4.78, 5) is 29.3. The van der Waals surface area contributed by atoms with Crippen LogP contribution in [0.4, 0.5) is 5.69 Å². The van der Waals surface area contributed by atoms with Crippen LogP contribution < -0.4 is 16.4 Å². The summed E-state index contributed by atoms with van der Waals surface area (Å²) in [6.07, 6.45) is 3.66.